The molecule has 16 heavy (non-hydrogen) atoms. The lowest BCUT2D eigenvalue weighted by atomic mass is 9.94. The molecule has 0 bridgehead atoms. The summed E-state index contributed by atoms with van der Waals surface area (Å²) in [6, 6.07) is 0. The molecule has 0 saturated carbocycles. The third kappa shape index (κ3) is 2.66. The molecule has 0 spiro atoms. The van der Waals surface area contributed by atoms with Gasteiger partial charge >= 0.3 is 0 Å². The minimum Gasteiger partial charge on any atom is -0.394 e. The van der Waals surface area contributed by atoms with Gasteiger partial charge in [0.05, 0.1) is 23.5 Å². The number of aliphatic hydroxyl groups excluding tert-OH is 1. The molecule has 1 aromatic heterocycles. The van der Waals surface area contributed by atoms with Crippen LogP contribution in [0.25, 0.3) is 0 Å². The van der Waals surface area contributed by atoms with Crippen molar-refractivity contribution in [1.82, 2.24) is 15.2 Å². The quantitative estimate of drug-likeness (QED) is 0.792. The van der Waals surface area contributed by atoms with Crippen molar-refractivity contribution >= 4 is 5.95 Å². The smallest absolute Gasteiger partial charge is 0.243 e. The molecule has 0 aliphatic rings. The molecule has 0 amide bonds. The summed E-state index contributed by atoms with van der Waals surface area (Å²) in [7, 11) is 0. The predicted molar refractivity (Wildman–Crippen MR) is 63.3 cm³/mol. The first-order valence-electron chi connectivity index (χ1n) is 5.64. The van der Waals surface area contributed by atoms with E-state index in [0.717, 1.165) is 24.2 Å². The van der Waals surface area contributed by atoms with Crippen molar-refractivity contribution in [2.24, 2.45) is 0 Å². The number of hydrogen-bond donors (Lipinski definition) is 2. The van der Waals surface area contributed by atoms with Crippen LogP contribution in [0.2, 0.25) is 0 Å². The molecular formula is C11H20N4O. The molecule has 5 heteroatoms. The van der Waals surface area contributed by atoms with Crippen molar-refractivity contribution < 1.29 is 5.11 Å². The van der Waals surface area contributed by atoms with E-state index in [1.54, 1.807) is 0 Å². The molecule has 1 rings (SSSR count). The lowest BCUT2D eigenvalue weighted by Gasteiger charge is -2.30. The zero-order valence-corrected chi connectivity index (χ0v) is 10.4. The Labute approximate surface area is 96.3 Å². The van der Waals surface area contributed by atoms with Gasteiger partial charge in [-0.1, -0.05) is 13.8 Å². The van der Waals surface area contributed by atoms with E-state index >= 15 is 0 Å². The lowest BCUT2D eigenvalue weighted by molar-refractivity contribution is 0.201. The summed E-state index contributed by atoms with van der Waals surface area (Å²) in [5, 5.41) is 20.6. The van der Waals surface area contributed by atoms with E-state index in [1.165, 1.54) is 0 Å². The molecule has 1 heterocycles. The van der Waals surface area contributed by atoms with Crippen LogP contribution in [0.4, 0.5) is 5.95 Å². The fourth-order valence-electron chi connectivity index (χ4n) is 1.44. The van der Waals surface area contributed by atoms with Crippen LogP contribution >= 0.6 is 0 Å². The Hall–Kier alpha value is -1.23. The van der Waals surface area contributed by atoms with Crippen LogP contribution in [-0.2, 0) is 0 Å². The van der Waals surface area contributed by atoms with Gasteiger partial charge in [-0.15, -0.1) is 5.10 Å². The van der Waals surface area contributed by atoms with Gasteiger partial charge < -0.3 is 10.4 Å². The van der Waals surface area contributed by atoms with Crippen LogP contribution in [0.5, 0.6) is 0 Å². The summed E-state index contributed by atoms with van der Waals surface area (Å²) < 4.78 is 0. The first kappa shape index (κ1) is 12.8. The molecule has 0 fully saturated rings. The van der Waals surface area contributed by atoms with Crippen LogP contribution in [0, 0.1) is 13.8 Å². The van der Waals surface area contributed by atoms with Crippen molar-refractivity contribution in [3.63, 3.8) is 0 Å². The minimum absolute atomic E-state index is 0.0658. The van der Waals surface area contributed by atoms with E-state index in [4.69, 9.17) is 0 Å². The Balaban J connectivity index is 2.89. The number of rotatable bonds is 5. The summed E-state index contributed by atoms with van der Waals surface area (Å²) in [6.07, 6.45) is 1.63. The second-order valence-corrected chi connectivity index (χ2v) is 4.08. The molecule has 0 saturated heterocycles. The summed E-state index contributed by atoms with van der Waals surface area (Å²) in [4.78, 5) is 4.31. The number of anilines is 1. The fourth-order valence-corrected chi connectivity index (χ4v) is 1.44. The first-order valence-corrected chi connectivity index (χ1v) is 5.64. The molecule has 1 aromatic rings. The molecule has 0 aliphatic heterocycles. The molecule has 0 unspecified atom stereocenters. The Bertz CT molecular complexity index is 342. The van der Waals surface area contributed by atoms with E-state index in [0.29, 0.717) is 5.95 Å². The highest BCUT2D eigenvalue weighted by Crippen LogP contribution is 2.19. The van der Waals surface area contributed by atoms with Crippen molar-refractivity contribution in [3.05, 3.63) is 11.4 Å². The standard InChI is InChI=1S/C11H20N4O/c1-5-11(6-2,7-16)13-10-12-8(3)9(4)14-15-10/h16H,5-7H2,1-4H3,(H,12,13,15). The second kappa shape index (κ2) is 5.21. The fraction of sp³-hybridized carbons (Fsp3) is 0.727. The maximum Gasteiger partial charge on any atom is 0.243 e. The third-order valence-electron chi connectivity index (χ3n) is 3.13. The number of nitrogens with one attached hydrogen (secondary N) is 1. The summed E-state index contributed by atoms with van der Waals surface area (Å²) in [5.41, 5.74) is 1.34. The van der Waals surface area contributed by atoms with Crippen molar-refractivity contribution in [2.45, 2.75) is 46.1 Å². The molecule has 0 aliphatic carbocycles. The van der Waals surface area contributed by atoms with Gasteiger partial charge in [0.25, 0.3) is 0 Å². The molecule has 5 nitrogen and oxygen atoms in total. The Kier molecular flexibility index (Phi) is 4.18. The van der Waals surface area contributed by atoms with E-state index in [2.05, 4.69) is 20.5 Å². The third-order valence-corrected chi connectivity index (χ3v) is 3.13. The SMILES string of the molecule is CCC(CC)(CO)Nc1nnc(C)c(C)n1. The predicted octanol–water partition coefficient (Wildman–Crippen LogP) is 1.45. The Morgan fingerprint density at radius 1 is 1.12 bits per heavy atom. The average molecular weight is 224 g/mol. The van der Waals surface area contributed by atoms with E-state index in [-0.39, 0.29) is 12.1 Å². The minimum atomic E-state index is -0.344. The molecule has 0 atom stereocenters. The normalized spacial score (nSPS) is 11.6. The largest absolute Gasteiger partial charge is 0.394 e. The van der Waals surface area contributed by atoms with Crippen molar-refractivity contribution in [2.75, 3.05) is 11.9 Å². The van der Waals surface area contributed by atoms with Gasteiger partial charge in [0, 0.05) is 0 Å². The molecule has 2 N–H and O–H groups in total. The van der Waals surface area contributed by atoms with Crippen LogP contribution in [0.15, 0.2) is 0 Å². The van der Waals surface area contributed by atoms with Gasteiger partial charge in [-0.3, -0.25) is 0 Å². The molecular weight excluding hydrogens is 204 g/mol. The first-order chi connectivity index (χ1) is 7.56. The highest BCUT2D eigenvalue weighted by molar-refractivity contribution is 5.29. The van der Waals surface area contributed by atoms with Crippen LogP contribution in [0.1, 0.15) is 38.1 Å². The zero-order chi connectivity index (χ0) is 12.2. The summed E-state index contributed by atoms with van der Waals surface area (Å²) in [5.74, 6) is 0.487. The van der Waals surface area contributed by atoms with Gasteiger partial charge in [-0.05, 0) is 26.7 Å². The highest BCUT2D eigenvalue weighted by atomic mass is 16.3. The zero-order valence-electron chi connectivity index (χ0n) is 10.4. The Morgan fingerprint density at radius 2 is 1.75 bits per heavy atom. The Morgan fingerprint density at radius 3 is 2.19 bits per heavy atom. The van der Waals surface area contributed by atoms with Gasteiger partial charge in [0.1, 0.15) is 0 Å². The van der Waals surface area contributed by atoms with Crippen LogP contribution in [0.3, 0.4) is 0 Å². The van der Waals surface area contributed by atoms with Gasteiger partial charge in [-0.2, -0.15) is 5.10 Å². The van der Waals surface area contributed by atoms with Crippen molar-refractivity contribution in [1.29, 1.82) is 0 Å². The number of aryl methyl sites for hydroxylation is 2. The number of hydrogen-bond acceptors (Lipinski definition) is 5. The maximum absolute atomic E-state index is 9.42. The number of aromatic nitrogens is 3. The lowest BCUT2D eigenvalue weighted by Crippen LogP contribution is -2.41. The van der Waals surface area contributed by atoms with E-state index < -0.39 is 0 Å². The summed E-state index contributed by atoms with van der Waals surface area (Å²) >= 11 is 0. The second-order valence-electron chi connectivity index (χ2n) is 4.08. The molecule has 0 aromatic carbocycles. The van der Waals surface area contributed by atoms with E-state index in [1.807, 2.05) is 27.7 Å². The van der Waals surface area contributed by atoms with Gasteiger partial charge in [0.2, 0.25) is 5.95 Å². The topological polar surface area (TPSA) is 70.9 Å². The number of aliphatic hydroxyl groups is 1. The average Bonchev–Trinajstić information content (AvgIpc) is 2.31. The van der Waals surface area contributed by atoms with Crippen LogP contribution in [-0.4, -0.2) is 32.4 Å². The molecule has 0 radical (unpaired) electrons. The van der Waals surface area contributed by atoms with Crippen LogP contribution < -0.4 is 5.32 Å². The monoisotopic (exact) mass is 224 g/mol. The van der Waals surface area contributed by atoms with Gasteiger partial charge in [-0.25, -0.2) is 4.98 Å². The van der Waals surface area contributed by atoms with E-state index in [9.17, 15) is 5.11 Å². The van der Waals surface area contributed by atoms with Gasteiger partial charge in [0.15, 0.2) is 0 Å². The van der Waals surface area contributed by atoms with Crippen molar-refractivity contribution in [3.8, 4) is 0 Å². The molecule has 90 valence electrons. The maximum atomic E-state index is 9.42. The summed E-state index contributed by atoms with van der Waals surface area (Å²) in [6.45, 7) is 7.89. The number of nitrogens with zero attached hydrogens (tertiary/aromatic N) is 3. The highest BCUT2D eigenvalue weighted by Gasteiger charge is 2.26.